The zero-order valence-corrected chi connectivity index (χ0v) is 9.10. The predicted molar refractivity (Wildman–Crippen MR) is 56.6 cm³/mol. The molecule has 0 amide bonds. The lowest BCUT2D eigenvalue weighted by Gasteiger charge is -2.18. The Morgan fingerprint density at radius 2 is 1.88 bits per heavy atom. The molecule has 1 atom stereocenters. The van der Waals surface area contributed by atoms with Gasteiger partial charge in [-0.25, -0.2) is 4.39 Å². The second-order valence-electron chi connectivity index (χ2n) is 3.77. The highest BCUT2D eigenvalue weighted by Crippen LogP contribution is 2.35. The third-order valence-corrected chi connectivity index (χ3v) is 2.44. The van der Waals surface area contributed by atoms with Gasteiger partial charge in [0, 0.05) is 6.04 Å². The fraction of sp³-hybridized carbons (Fsp3) is 0.455. The van der Waals surface area contributed by atoms with Gasteiger partial charge in [0.05, 0.1) is 5.56 Å². The standard InChI is InChI=1S/C11H14F4N2/c12-7-3-4-8(10(17)2-1-5-16)9(6-7)11(13,14)15/h3-4,6,10H,1-2,5,16-17H2/t10-/m0/s1. The topological polar surface area (TPSA) is 52.0 Å². The molecule has 96 valence electrons. The van der Waals surface area contributed by atoms with E-state index in [1.807, 2.05) is 0 Å². The van der Waals surface area contributed by atoms with Gasteiger partial charge < -0.3 is 11.5 Å². The van der Waals surface area contributed by atoms with Crippen molar-refractivity contribution in [1.82, 2.24) is 0 Å². The van der Waals surface area contributed by atoms with Gasteiger partial charge in [-0.2, -0.15) is 13.2 Å². The molecule has 1 rings (SSSR count). The quantitative estimate of drug-likeness (QED) is 0.807. The highest BCUT2D eigenvalue weighted by Gasteiger charge is 2.34. The SMILES string of the molecule is NCCC[C@H](N)c1ccc(F)cc1C(F)(F)F. The largest absolute Gasteiger partial charge is 0.416 e. The summed E-state index contributed by atoms with van der Waals surface area (Å²) in [4.78, 5) is 0. The Balaban J connectivity index is 3.06. The van der Waals surface area contributed by atoms with Crippen molar-refractivity contribution in [2.75, 3.05) is 6.54 Å². The van der Waals surface area contributed by atoms with Crippen LogP contribution in [0.2, 0.25) is 0 Å². The van der Waals surface area contributed by atoms with Crippen molar-refractivity contribution in [2.45, 2.75) is 25.1 Å². The first-order chi connectivity index (χ1) is 7.86. The van der Waals surface area contributed by atoms with Crippen LogP contribution in [0.5, 0.6) is 0 Å². The van der Waals surface area contributed by atoms with Gasteiger partial charge in [-0.3, -0.25) is 0 Å². The third kappa shape index (κ3) is 3.67. The number of alkyl halides is 3. The Labute approximate surface area is 96.6 Å². The number of hydrogen-bond donors (Lipinski definition) is 2. The van der Waals surface area contributed by atoms with Crippen molar-refractivity contribution in [3.8, 4) is 0 Å². The van der Waals surface area contributed by atoms with E-state index < -0.39 is 23.6 Å². The molecule has 1 aromatic carbocycles. The van der Waals surface area contributed by atoms with Crippen LogP contribution in [0.4, 0.5) is 17.6 Å². The minimum atomic E-state index is -4.60. The van der Waals surface area contributed by atoms with Gasteiger partial charge in [-0.1, -0.05) is 6.07 Å². The molecule has 0 bridgehead atoms. The first kappa shape index (κ1) is 13.9. The molecular formula is C11H14F4N2. The van der Waals surface area contributed by atoms with E-state index in [2.05, 4.69) is 0 Å². The normalized spacial score (nSPS) is 13.8. The second kappa shape index (κ2) is 5.46. The summed E-state index contributed by atoms with van der Waals surface area (Å²) in [6.07, 6.45) is -3.74. The molecule has 4 N–H and O–H groups in total. The molecular weight excluding hydrogens is 236 g/mol. The van der Waals surface area contributed by atoms with Gasteiger partial charge in [0.1, 0.15) is 5.82 Å². The summed E-state index contributed by atoms with van der Waals surface area (Å²) in [5.41, 5.74) is 9.81. The summed E-state index contributed by atoms with van der Waals surface area (Å²) in [6, 6.07) is 1.75. The van der Waals surface area contributed by atoms with Crippen LogP contribution in [0.15, 0.2) is 18.2 Å². The molecule has 17 heavy (non-hydrogen) atoms. The van der Waals surface area contributed by atoms with Crippen molar-refractivity contribution < 1.29 is 17.6 Å². The van der Waals surface area contributed by atoms with Crippen LogP contribution in [0.3, 0.4) is 0 Å². The number of hydrogen-bond acceptors (Lipinski definition) is 2. The van der Waals surface area contributed by atoms with Gasteiger partial charge in [0.25, 0.3) is 0 Å². The molecule has 0 aromatic heterocycles. The number of benzene rings is 1. The van der Waals surface area contributed by atoms with E-state index >= 15 is 0 Å². The monoisotopic (exact) mass is 250 g/mol. The summed E-state index contributed by atoms with van der Waals surface area (Å²) in [5, 5.41) is 0. The van der Waals surface area contributed by atoms with Crippen LogP contribution in [0.25, 0.3) is 0 Å². The van der Waals surface area contributed by atoms with Crippen LogP contribution < -0.4 is 11.5 Å². The van der Waals surface area contributed by atoms with Crippen LogP contribution >= 0.6 is 0 Å². The van der Waals surface area contributed by atoms with Gasteiger partial charge in [-0.15, -0.1) is 0 Å². The van der Waals surface area contributed by atoms with E-state index in [0.29, 0.717) is 25.5 Å². The van der Waals surface area contributed by atoms with Crippen molar-refractivity contribution in [3.63, 3.8) is 0 Å². The summed E-state index contributed by atoms with van der Waals surface area (Å²) in [7, 11) is 0. The fourth-order valence-electron chi connectivity index (χ4n) is 1.59. The molecule has 0 unspecified atom stereocenters. The average molecular weight is 250 g/mol. The molecule has 6 heteroatoms. The van der Waals surface area contributed by atoms with Gasteiger partial charge >= 0.3 is 6.18 Å². The van der Waals surface area contributed by atoms with Crippen LogP contribution in [-0.4, -0.2) is 6.54 Å². The molecule has 0 saturated heterocycles. The maximum atomic E-state index is 12.8. The van der Waals surface area contributed by atoms with E-state index in [0.717, 1.165) is 12.1 Å². The number of halogens is 4. The lowest BCUT2D eigenvalue weighted by atomic mass is 9.97. The molecule has 0 aliphatic carbocycles. The van der Waals surface area contributed by atoms with Crippen molar-refractivity contribution in [3.05, 3.63) is 35.1 Å². The summed E-state index contributed by atoms with van der Waals surface area (Å²) in [6.45, 7) is 0.357. The van der Waals surface area contributed by atoms with Gasteiger partial charge in [-0.05, 0) is 37.1 Å². The highest BCUT2D eigenvalue weighted by molar-refractivity contribution is 5.32. The molecule has 1 aromatic rings. The Morgan fingerprint density at radius 1 is 1.24 bits per heavy atom. The Bertz CT molecular complexity index is 376. The number of rotatable bonds is 4. The first-order valence-corrected chi connectivity index (χ1v) is 5.18. The maximum absolute atomic E-state index is 12.8. The van der Waals surface area contributed by atoms with Crippen molar-refractivity contribution in [1.29, 1.82) is 0 Å². The molecule has 0 fully saturated rings. The lowest BCUT2D eigenvalue weighted by molar-refractivity contribution is -0.138. The second-order valence-corrected chi connectivity index (χ2v) is 3.77. The summed E-state index contributed by atoms with van der Waals surface area (Å²) in [5.74, 6) is -0.924. The summed E-state index contributed by atoms with van der Waals surface area (Å²) >= 11 is 0. The molecule has 0 aliphatic heterocycles. The summed E-state index contributed by atoms with van der Waals surface area (Å²) < 4.78 is 50.8. The average Bonchev–Trinajstić information content (AvgIpc) is 2.24. The molecule has 0 aliphatic rings. The molecule has 0 spiro atoms. The minimum absolute atomic E-state index is 0.0904. The number of nitrogens with two attached hydrogens (primary N) is 2. The van der Waals surface area contributed by atoms with E-state index in [9.17, 15) is 17.6 Å². The van der Waals surface area contributed by atoms with Crippen LogP contribution in [-0.2, 0) is 6.18 Å². The zero-order chi connectivity index (χ0) is 13.1. The van der Waals surface area contributed by atoms with E-state index in [1.54, 1.807) is 0 Å². The Morgan fingerprint density at radius 3 is 2.41 bits per heavy atom. The molecule has 2 nitrogen and oxygen atoms in total. The van der Waals surface area contributed by atoms with E-state index in [1.165, 1.54) is 0 Å². The predicted octanol–water partition coefficient (Wildman–Crippen LogP) is 2.58. The van der Waals surface area contributed by atoms with E-state index in [4.69, 9.17) is 11.5 Å². The molecule has 0 heterocycles. The highest BCUT2D eigenvalue weighted by atomic mass is 19.4. The van der Waals surface area contributed by atoms with Gasteiger partial charge in [0.15, 0.2) is 0 Å². The van der Waals surface area contributed by atoms with Crippen molar-refractivity contribution in [2.24, 2.45) is 11.5 Å². The minimum Gasteiger partial charge on any atom is -0.330 e. The van der Waals surface area contributed by atoms with E-state index in [-0.39, 0.29) is 5.56 Å². The fourth-order valence-corrected chi connectivity index (χ4v) is 1.59. The van der Waals surface area contributed by atoms with Crippen LogP contribution in [0.1, 0.15) is 30.0 Å². The third-order valence-electron chi connectivity index (χ3n) is 2.44. The first-order valence-electron chi connectivity index (χ1n) is 5.18. The lowest BCUT2D eigenvalue weighted by Crippen LogP contribution is -2.18. The Kier molecular flexibility index (Phi) is 4.47. The molecule has 0 saturated carbocycles. The Hall–Kier alpha value is -1.14. The smallest absolute Gasteiger partial charge is 0.330 e. The zero-order valence-electron chi connectivity index (χ0n) is 9.10. The maximum Gasteiger partial charge on any atom is 0.416 e. The van der Waals surface area contributed by atoms with Crippen LogP contribution in [0, 0.1) is 5.82 Å². The van der Waals surface area contributed by atoms with Crippen molar-refractivity contribution >= 4 is 0 Å². The molecule has 0 radical (unpaired) electrons. The van der Waals surface area contributed by atoms with Gasteiger partial charge in [0.2, 0.25) is 0 Å².